The van der Waals surface area contributed by atoms with Crippen LogP contribution in [-0.2, 0) is 22.7 Å². The summed E-state index contributed by atoms with van der Waals surface area (Å²) in [4.78, 5) is 43.1. The van der Waals surface area contributed by atoms with Gasteiger partial charge in [0, 0.05) is 12.6 Å². The molecule has 0 amide bonds. The molecule has 0 aliphatic carbocycles. The molecule has 136 valence electrons. The number of phosphoric ester groups is 1. The number of nitrogen functional groups attached to an aromatic ring is 1. The second-order valence-electron chi connectivity index (χ2n) is 4.79. The van der Waals surface area contributed by atoms with Gasteiger partial charge in [0.05, 0.1) is 12.7 Å². The molecule has 16 heteroatoms. The maximum Gasteiger partial charge on any atom is 1.00 e. The smallest absolute Gasteiger partial charge is 0.756 e. The molecule has 5 atom stereocenters. The third kappa shape index (κ3) is 6.83. The van der Waals surface area contributed by atoms with Crippen LogP contribution in [0.3, 0.4) is 0 Å². The summed E-state index contributed by atoms with van der Waals surface area (Å²) in [6.07, 6.45) is -2.04. The fourth-order valence-electron chi connectivity index (χ4n) is 2.00. The number of hydrogen-bond acceptors (Lipinski definition) is 10. The molecule has 2 rings (SSSR count). The summed E-state index contributed by atoms with van der Waals surface area (Å²) >= 11 is 0. The van der Waals surface area contributed by atoms with Gasteiger partial charge >= 0.3 is 43.1 Å². The predicted molar refractivity (Wildman–Crippen MR) is 74.1 cm³/mol. The van der Waals surface area contributed by atoms with E-state index in [4.69, 9.17) is 20.3 Å². The van der Waals surface area contributed by atoms with Crippen LogP contribution in [0.25, 0.3) is 0 Å². The second-order valence-corrected chi connectivity index (χ2v) is 7.57. The van der Waals surface area contributed by atoms with Gasteiger partial charge in [0.15, 0.2) is 0 Å². The Labute approximate surface area is 162 Å². The molecular weight excluding hydrogens is 395 g/mol. The number of aliphatic hydroxyl groups is 1. The van der Waals surface area contributed by atoms with Crippen molar-refractivity contribution in [3.05, 3.63) is 22.7 Å². The molecule has 0 bridgehead atoms. The van der Waals surface area contributed by atoms with E-state index in [1.165, 1.54) is 12.3 Å². The van der Waals surface area contributed by atoms with Crippen molar-refractivity contribution in [2.45, 2.75) is 24.9 Å². The Bertz CT molecular complexity index is 753. The van der Waals surface area contributed by atoms with E-state index in [0.29, 0.717) is 0 Å². The molecule has 2 heterocycles. The predicted octanol–water partition coefficient (Wildman–Crippen LogP) is -4.93. The summed E-state index contributed by atoms with van der Waals surface area (Å²) in [7, 11) is -10.6. The first-order chi connectivity index (χ1) is 11.0. The Morgan fingerprint density at radius 2 is 2.12 bits per heavy atom. The van der Waals surface area contributed by atoms with Gasteiger partial charge in [-0.2, -0.15) is 4.98 Å². The van der Waals surface area contributed by atoms with Crippen molar-refractivity contribution in [1.29, 1.82) is 0 Å². The van der Waals surface area contributed by atoms with Crippen molar-refractivity contribution in [3.63, 3.8) is 0 Å². The van der Waals surface area contributed by atoms with Crippen LogP contribution in [0.4, 0.5) is 5.82 Å². The molecule has 1 aliphatic rings. The minimum Gasteiger partial charge on any atom is -0.756 e. The summed E-state index contributed by atoms with van der Waals surface area (Å²) in [6.45, 7) is -0.734. The second kappa shape index (κ2) is 8.70. The van der Waals surface area contributed by atoms with Crippen molar-refractivity contribution in [1.82, 2.24) is 9.55 Å². The number of rotatable bonds is 6. The minimum atomic E-state index is -5.49. The topological polar surface area (TPSA) is 206 Å². The van der Waals surface area contributed by atoms with Crippen molar-refractivity contribution in [3.8, 4) is 0 Å². The monoisotopic (exact) mass is 409 g/mol. The van der Waals surface area contributed by atoms with Crippen molar-refractivity contribution < 1.29 is 72.0 Å². The number of aromatic nitrogens is 2. The van der Waals surface area contributed by atoms with E-state index in [0.717, 1.165) is 4.57 Å². The number of nitrogens with zero attached hydrogens (tertiary/aromatic N) is 2. The molecule has 0 spiro atoms. The number of hydrogen-bond donors (Lipinski definition) is 4. The quantitative estimate of drug-likeness (QED) is 0.258. The summed E-state index contributed by atoms with van der Waals surface area (Å²) in [5, 5.41) is 9.85. The van der Waals surface area contributed by atoms with Gasteiger partial charge in [0.2, 0.25) is 0 Å². The van der Waals surface area contributed by atoms with Gasteiger partial charge in [0.25, 0.3) is 7.82 Å². The standard InChI is InChI=1S/C9H15N3O10P2.Na/c10-7-1-2-12(9(14)11-7)8-3-5(13)6(21-8)4-20-24(18,19)22-23(15,16)17;/h1-2,5-6,8,13H,3-4H2,(H,18,19)(H2,10,11,14)(H2,15,16,17);/q;+1/p-1/t5-,6+,8+;/m1./s1. The van der Waals surface area contributed by atoms with Gasteiger partial charge in [-0.25, -0.2) is 13.7 Å². The molecule has 1 aromatic rings. The van der Waals surface area contributed by atoms with Crippen molar-refractivity contribution >= 4 is 21.5 Å². The Hall–Kier alpha value is -0.140. The molecule has 13 nitrogen and oxygen atoms in total. The zero-order valence-electron chi connectivity index (χ0n) is 12.9. The normalized spacial score (nSPS) is 27.9. The molecule has 0 aromatic carbocycles. The molecule has 25 heavy (non-hydrogen) atoms. The maximum absolute atomic E-state index is 11.7. The Morgan fingerprint density at radius 1 is 1.48 bits per heavy atom. The largest absolute Gasteiger partial charge is 1.00 e. The van der Waals surface area contributed by atoms with Crippen LogP contribution in [0.5, 0.6) is 0 Å². The average Bonchev–Trinajstić information content (AvgIpc) is 2.75. The SMILES string of the molecule is Nc1ccn([C@@H]2C[C@@H](O)[C@H](COP(=O)(O)OP(=O)([O-])O)O2)c(=O)n1.[Na+]. The number of anilines is 1. The molecule has 5 N–H and O–H groups in total. The van der Waals surface area contributed by atoms with Crippen molar-refractivity contribution in [2.24, 2.45) is 0 Å². The van der Waals surface area contributed by atoms with E-state index in [1.54, 1.807) is 0 Å². The number of aliphatic hydroxyl groups excluding tert-OH is 1. The molecule has 1 aromatic heterocycles. The first-order valence-corrected chi connectivity index (χ1v) is 9.36. The van der Waals surface area contributed by atoms with E-state index in [9.17, 15) is 23.9 Å². The molecule has 0 radical (unpaired) electrons. The molecule has 1 saturated heterocycles. The van der Waals surface area contributed by atoms with Gasteiger partial charge in [-0.3, -0.25) is 13.7 Å². The minimum absolute atomic E-state index is 0. The van der Waals surface area contributed by atoms with E-state index < -0.39 is 46.4 Å². The molecule has 0 saturated carbocycles. The third-order valence-corrected chi connectivity index (χ3v) is 5.10. The zero-order chi connectivity index (χ0) is 18.1. The third-order valence-electron chi connectivity index (χ3n) is 2.97. The summed E-state index contributed by atoms with van der Waals surface area (Å²) in [5.74, 6) is -0.000840. The van der Waals surface area contributed by atoms with Crippen LogP contribution in [0.2, 0.25) is 0 Å². The molecule has 1 fully saturated rings. The van der Waals surface area contributed by atoms with E-state index >= 15 is 0 Å². The fourth-order valence-corrected chi connectivity index (χ4v) is 3.57. The summed E-state index contributed by atoms with van der Waals surface area (Å²) in [6, 6.07) is 1.34. The molecule has 2 unspecified atom stereocenters. The first kappa shape index (κ1) is 22.9. The number of ether oxygens (including phenoxy) is 1. The first-order valence-electron chi connectivity index (χ1n) is 6.37. The van der Waals surface area contributed by atoms with Crippen LogP contribution in [-0.4, -0.2) is 43.3 Å². The van der Waals surface area contributed by atoms with Crippen LogP contribution in [0, 0.1) is 0 Å². The Morgan fingerprint density at radius 3 is 2.68 bits per heavy atom. The van der Waals surface area contributed by atoms with Gasteiger partial charge < -0.3 is 30.3 Å². The number of phosphoric acid groups is 2. The van der Waals surface area contributed by atoms with Crippen LogP contribution >= 0.6 is 15.6 Å². The molecule has 1 aliphatic heterocycles. The summed E-state index contributed by atoms with van der Waals surface area (Å²) in [5.41, 5.74) is 4.63. The van der Waals surface area contributed by atoms with Gasteiger partial charge in [-0.1, -0.05) is 0 Å². The summed E-state index contributed by atoms with van der Waals surface area (Å²) < 4.78 is 35.9. The van der Waals surface area contributed by atoms with Gasteiger partial charge in [-0.15, -0.1) is 0 Å². The van der Waals surface area contributed by atoms with Crippen molar-refractivity contribution in [2.75, 3.05) is 12.3 Å². The van der Waals surface area contributed by atoms with E-state index in [1.807, 2.05) is 0 Å². The van der Waals surface area contributed by atoms with Crippen LogP contribution < -0.4 is 45.9 Å². The zero-order valence-corrected chi connectivity index (χ0v) is 16.7. The Balaban J connectivity index is 0.00000312. The fraction of sp³-hybridized carbons (Fsp3) is 0.556. The Kier molecular flexibility index (Phi) is 7.97. The van der Waals surface area contributed by atoms with Gasteiger partial charge in [-0.05, 0) is 6.07 Å². The van der Waals surface area contributed by atoms with E-state index in [2.05, 4.69) is 13.8 Å². The molecular formula is C9H14N3NaO10P2. The van der Waals surface area contributed by atoms with Gasteiger partial charge in [0.1, 0.15) is 18.1 Å². The average molecular weight is 409 g/mol. The number of nitrogens with two attached hydrogens (primary N) is 1. The maximum atomic E-state index is 11.7. The van der Waals surface area contributed by atoms with Crippen LogP contribution in [0.1, 0.15) is 12.6 Å². The van der Waals surface area contributed by atoms with E-state index in [-0.39, 0.29) is 41.8 Å². The van der Waals surface area contributed by atoms with Crippen LogP contribution in [0.15, 0.2) is 17.1 Å².